The van der Waals surface area contributed by atoms with E-state index < -0.39 is 6.04 Å². The van der Waals surface area contributed by atoms with Gasteiger partial charge in [0.05, 0.1) is 6.42 Å². The third-order valence-corrected chi connectivity index (χ3v) is 6.56. The molecular weight excluding hydrogens is 406 g/mol. The van der Waals surface area contributed by atoms with Gasteiger partial charge in [0.15, 0.2) is 0 Å². The van der Waals surface area contributed by atoms with Crippen molar-refractivity contribution in [3.05, 3.63) is 82.3 Å². The van der Waals surface area contributed by atoms with Gasteiger partial charge in [-0.3, -0.25) is 19.5 Å². The number of benzene rings is 1. The largest absolute Gasteiger partial charge is 0.351 e. The number of carbonyl (C=O) groups excluding carboxylic acids is 2. The van der Waals surface area contributed by atoms with Gasteiger partial charge in [0, 0.05) is 29.0 Å². The molecule has 1 saturated carbocycles. The van der Waals surface area contributed by atoms with Gasteiger partial charge in [0.25, 0.3) is 0 Å². The molecule has 1 aromatic carbocycles. The van der Waals surface area contributed by atoms with Crippen LogP contribution < -0.4 is 10.2 Å². The third kappa shape index (κ3) is 5.20. The number of nitrogens with one attached hydrogen (secondary N) is 1. The van der Waals surface area contributed by atoms with Crippen LogP contribution in [0.4, 0.5) is 5.69 Å². The lowest BCUT2D eigenvalue weighted by Gasteiger charge is -2.32. The van der Waals surface area contributed by atoms with Crippen LogP contribution >= 0.6 is 11.3 Å². The summed E-state index contributed by atoms with van der Waals surface area (Å²) in [4.78, 5) is 33.9. The molecule has 1 aliphatic rings. The second kappa shape index (κ2) is 9.88. The van der Waals surface area contributed by atoms with Crippen LogP contribution in [0.2, 0.25) is 0 Å². The molecule has 6 heteroatoms. The number of carbonyl (C=O) groups is 2. The highest BCUT2D eigenvalue weighted by molar-refractivity contribution is 7.10. The van der Waals surface area contributed by atoms with Gasteiger partial charge in [0.1, 0.15) is 6.04 Å². The molecule has 2 heterocycles. The molecular formula is C25H27N3O2S. The molecule has 0 saturated heterocycles. The number of thiophene rings is 1. The van der Waals surface area contributed by atoms with Gasteiger partial charge < -0.3 is 5.32 Å². The zero-order valence-electron chi connectivity index (χ0n) is 17.7. The summed E-state index contributed by atoms with van der Waals surface area (Å²) in [5.41, 5.74) is 2.52. The molecule has 1 atom stereocenters. The zero-order chi connectivity index (χ0) is 21.6. The van der Waals surface area contributed by atoms with Gasteiger partial charge in [0.2, 0.25) is 11.8 Å². The lowest BCUT2D eigenvalue weighted by Crippen LogP contribution is -2.46. The summed E-state index contributed by atoms with van der Waals surface area (Å²) in [6.07, 6.45) is 7.83. The fraction of sp³-hybridized carbons (Fsp3) is 0.320. The quantitative estimate of drug-likeness (QED) is 0.581. The minimum Gasteiger partial charge on any atom is -0.351 e. The fourth-order valence-electron chi connectivity index (χ4n) is 4.18. The fourth-order valence-corrected chi connectivity index (χ4v) is 4.87. The Balaban J connectivity index is 1.74. The van der Waals surface area contributed by atoms with Crippen LogP contribution in [0.15, 0.2) is 66.3 Å². The molecule has 0 aliphatic heterocycles. The second-order valence-electron chi connectivity index (χ2n) is 8.03. The standard InChI is InChI=1S/C25H27N3O2S/c1-18-6-4-9-21(16-18)28(23(29)17-22-10-5-15-31-22)24(19-11-13-26-14-12-19)25(30)27-20-7-2-3-8-20/h4-6,9-16,20,24H,2-3,7-8,17H2,1H3,(H,27,30)/t24-/m1/s1. The molecule has 0 bridgehead atoms. The van der Waals surface area contributed by atoms with Crippen molar-refractivity contribution in [2.75, 3.05) is 4.90 Å². The van der Waals surface area contributed by atoms with E-state index in [0.29, 0.717) is 0 Å². The molecule has 1 aliphatic carbocycles. The number of rotatable bonds is 7. The van der Waals surface area contributed by atoms with Crippen molar-refractivity contribution in [2.24, 2.45) is 0 Å². The number of amides is 2. The molecule has 31 heavy (non-hydrogen) atoms. The summed E-state index contributed by atoms with van der Waals surface area (Å²) in [6, 6.07) is 14.7. The summed E-state index contributed by atoms with van der Waals surface area (Å²) in [7, 11) is 0. The Morgan fingerprint density at radius 3 is 2.58 bits per heavy atom. The molecule has 1 N–H and O–H groups in total. The van der Waals surface area contributed by atoms with Gasteiger partial charge in [-0.25, -0.2) is 0 Å². The van der Waals surface area contributed by atoms with Crippen molar-refractivity contribution < 1.29 is 9.59 Å². The van der Waals surface area contributed by atoms with Gasteiger partial charge in [-0.05, 0) is 66.6 Å². The van der Waals surface area contributed by atoms with Crippen molar-refractivity contribution in [3.8, 4) is 0 Å². The van der Waals surface area contributed by atoms with Crippen LogP contribution in [0.3, 0.4) is 0 Å². The summed E-state index contributed by atoms with van der Waals surface area (Å²) < 4.78 is 0. The van der Waals surface area contributed by atoms with E-state index in [1.807, 2.05) is 60.8 Å². The third-order valence-electron chi connectivity index (χ3n) is 5.68. The van der Waals surface area contributed by atoms with Crippen molar-refractivity contribution in [2.45, 2.75) is 51.1 Å². The monoisotopic (exact) mass is 433 g/mol. The minimum atomic E-state index is -0.752. The minimum absolute atomic E-state index is 0.101. The Morgan fingerprint density at radius 1 is 1.13 bits per heavy atom. The molecule has 160 valence electrons. The molecule has 4 rings (SSSR count). The Labute approximate surface area is 187 Å². The highest BCUT2D eigenvalue weighted by atomic mass is 32.1. The molecule has 5 nitrogen and oxygen atoms in total. The van der Waals surface area contributed by atoms with Crippen LogP contribution in [0, 0.1) is 6.92 Å². The first-order valence-corrected chi connectivity index (χ1v) is 11.6. The van der Waals surface area contributed by atoms with Crippen molar-refractivity contribution in [1.82, 2.24) is 10.3 Å². The zero-order valence-corrected chi connectivity index (χ0v) is 18.5. The summed E-state index contributed by atoms with van der Waals surface area (Å²) in [5, 5.41) is 5.17. The van der Waals surface area contributed by atoms with Crippen LogP contribution in [0.25, 0.3) is 0 Å². The Morgan fingerprint density at radius 2 is 1.90 bits per heavy atom. The number of anilines is 1. The van der Waals surface area contributed by atoms with Gasteiger partial charge in [-0.1, -0.05) is 31.0 Å². The molecule has 0 spiro atoms. The van der Waals surface area contributed by atoms with E-state index in [-0.39, 0.29) is 24.3 Å². The Bertz CT molecular complexity index is 1010. The van der Waals surface area contributed by atoms with Crippen LogP contribution in [-0.2, 0) is 16.0 Å². The molecule has 0 radical (unpaired) electrons. The van der Waals surface area contributed by atoms with Crippen molar-refractivity contribution in [3.63, 3.8) is 0 Å². The summed E-state index contributed by atoms with van der Waals surface area (Å²) in [6.45, 7) is 1.99. The van der Waals surface area contributed by atoms with E-state index in [1.165, 1.54) is 0 Å². The maximum absolute atomic E-state index is 13.6. The Hall–Kier alpha value is -2.99. The van der Waals surface area contributed by atoms with E-state index >= 15 is 0 Å². The van der Waals surface area contributed by atoms with Gasteiger partial charge in [-0.2, -0.15) is 0 Å². The summed E-state index contributed by atoms with van der Waals surface area (Å²) in [5.74, 6) is -0.240. The first-order chi connectivity index (χ1) is 15.1. The maximum Gasteiger partial charge on any atom is 0.248 e. The second-order valence-corrected chi connectivity index (χ2v) is 9.06. The van der Waals surface area contributed by atoms with Crippen LogP contribution in [0.5, 0.6) is 0 Å². The average Bonchev–Trinajstić information content (AvgIpc) is 3.46. The highest BCUT2D eigenvalue weighted by Gasteiger charge is 2.34. The predicted molar refractivity (Wildman–Crippen MR) is 124 cm³/mol. The first-order valence-electron chi connectivity index (χ1n) is 10.7. The molecule has 3 aromatic rings. The van der Waals surface area contributed by atoms with Crippen LogP contribution in [-0.4, -0.2) is 22.8 Å². The maximum atomic E-state index is 13.6. The number of aromatic nitrogens is 1. The van der Waals surface area contributed by atoms with Crippen molar-refractivity contribution in [1.29, 1.82) is 0 Å². The lowest BCUT2D eigenvalue weighted by atomic mass is 10.0. The van der Waals surface area contributed by atoms with E-state index in [1.54, 1.807) is 28.6 Å². The van der Waals surface area contributed by atoms with Crippen molar-refractivity contribution >= 4 is 28.8 Å². The lowest BCUT2D eigenvalue weighted by molar-refractivity contribution is -0.127. The average molecular weight is 434 g/mol. The molecule has 0 unspecified atom stereocenters. The summed E-state index contributed by atoms with van der Waals surface area (Å²) >= 11 is 1.55. The van der Waals surface area contributed by atoms with E-state index in [9.17, 15) is 9.59 Å². The van der Waals surface area contributed by atoms with E-state index in [2.05, 4.69) is 10.3 Å². The topological polar surface area (TPSA) is 62.3 Å². The first kappa shape index (κ1) is 21.2. The predicted octanol–water partition coefficient (Wildman–Crippen LogP) is 4.83. The SMILES string of the molecule is Cc1cccc(N(C(=O)Cc2cccs2)[C@@H](C(=O)NC2CCCC2)c2ccncc2)c1. The smallest absolute Gasteiger partial charge is 0.248 e. The highest BCUT2D eigenvalue weighted by Crippen LogP contribution is 2.30. The number of hydrogen-bond donors (Lipinski definition) is 1. The van der Waals surface area contributed by atoms with Gasteiger partial charge in [-0.15, -0.1) is 11.3 Å². The Kier molecular flexibility index (Phi) is 6.77. The normalized spacial score (nSPS) is 14.9. The van der Waals surface area contributed by atoms with Crippen LogP contribution in [0.1, 0.15) is 47.7 Å². The number of nitrogens with zero attached hydrogens (tertiary/aromatic N) is 2. The number of hydrogen-bond acceptors (Lipinski definition) is 4. The molecule has 2 aromatic heterocycles. The van der Waals surface area contributed by atoms with Gasteiger partial charge >= 0.3 is 0 Å². The number of pyridine rings is 1. The molecule has 1 fully saturated rings. The van der Waals surface area contributed by atoms with E-state index in [4.69, 9.17) is 0 Å². The molecule has 2 amide bonds. The van der Waals surface area contributed by atoms with E-state index in [0.717, 1.165) is 47.4 Å². The number of aryl methyl sites for hydroxylation is 1.